The van der Waals surface area contributed by atoms with E-state index in [1.54, 1.807) is 32.4 Å². The van der Waals surface area contributed by atoms with Crippen molar-refractivity contribution in [2.75, 3.05) is 34.4 Å². The van der Waals surface area contributed by atoms with Crippen molar-refractivity contribution in [2.24, 2.45) is 11.8 Å². The molecule has 1 aliphatic rings. The first-order chi connectivity index (χ1) is 19.6. The van der Waals surface area contributed by atoms with Crippen LogP contribution in [-0.4, -0.2) is 104 Å². The van der Waals surface area contributed by atoms with Gasteiger partial charge in [-0.2, -0.15) is 0 Å². The SMILES string of the molecule is CCC(C)C(C(CC(=O)N1CCCC1C(OC)C(C)C(=O)NC(C)Cc1ccccn1)OC)N(C)C(=O)CNC=O. The summed E-state index contributed by atoms with van der Waals surface area (Å²) in [6, 6.07) is 4.99. The van der Waals surface area contributed by atoms with Crippen molar-refractivity contribution in [3.05, 3.63) is 30.1 Å². The average Bonchev–Trinajstić information content (AvgIpc) is 3.45. The molecule has 0 radical (unpaired) electrons. The summed E-state index contributed by atoms with van der Waals surface area (Å²) in [6.45, 7) is 8.27. The third-order valence-corrected chi connectivity index (χ3v) is 8.27. The predicted molar refractivity (Wildman–Crippen MR) is 156 cm³/mol. The van der Waals surface area contributed by atoms with Gasteiger partial charge in [0.25, 0.3) is 0 Å². The number of likely N-dealkylation sites (N-methyl/N-ethyl adjacent to an activating group) is 1. The van der Waals surface area contributed by atoms with Gasteiger partial charge < -0.3 is 29.9 Å². The van der Waals surface area contributed by atoms with Gasteiger partial charge in [-0.3, -0.25) is 24.2 Å². The quantitative estimate of drug-likeness (QED) is 0.271. The van der Waals surface area contributed by atoms with Crippen LogP contribution in [0, 0.1) is 11.8 Å². The molecule has 7 atom stereocenters. The lowest BCUT2D eigenvalue weighted by atomic mass is 9.90. The van der Waals surface area contributed by atoms with E-state index in [2.05, 4.69) is 15.6 Å². The molecular weight excluding hydrogens is 526 g/mol. The fourth-order valence-corrected chi connectivity index (χ4v) is 5.84. The van der Waals surface area contributed by atoms with Crippen LogP contribution in [0.5, 0.6) is 0 Å². The molecule has 1 aliphatic heterocycles. The third-order valence-electron chi connectivity index (χ3n) is 8.27. The Balaban J connectivity index is 2.12. The second-order valence-electron chi connectivity index (χ2n) is 11.1. The van der Waals surface area contributed by atoms with E-state index < -0.39 is 18.1 Å². The molecule has 1 aromatic rings. The van der Waals surface area contributed by atoms with Crippen LogP contribution in [0.3, 0.4) is 0 Å². The van der Waals surface area contributed by atoms with Crippen LogP contribution in [0.1, 0.15) is 59.1 Å². The molecule has 2 rings (SSSR count). The summed E-state index contributed by atoms with van der Waals surface area (Å²) in [6.07, 6.45) is 4.22. The Hall–Kier alpha value is -3.05. The van der Waals surface area contributed by atoms with Crippen LogP contribution in [0.25, 0.3) is 0 Å². The number of methoxy groups -OCH3 is 2. The van der Waals surface area contributed by atoms with Gasteiger partial charge in [-0.05, 0) is 37.8 Å². The zero-order valence-electron chi connectivity index (χ0n) is 25.7. The number of likely N-dealkylation sites (tertiary alicyclic amines) is 1. The predicted octanol–water partition coefficient (Wildman–Crippen LogP) is 1.80. The molecular formula is C30H49N5O6. The van der Waals surface area contributed by atoms with Gasteiger partial charge in [0.2, 0.25) is 24.1 Å². The number of amides is 4. The summed E-state index contributed by atoms with van der Waals surface area (Å²) in [5.41, 5.74) is 0.902. The van der Waals surface area contributed by atoms with E-state index in [0.29, 0.717) is 19.4 Å². The molecule has 1 fully saturated rings. The van der Waals surface area contributed by atoms with Gasteiger partial charge in [0.15, 0.2) is 0 Å². The zero-order chi connectivity index (χ0) is 30.5. The van der Waals surface area contributed by atoms with Crippen molar-refractivity contribution in [1.82, 2.24) is 25.4 Å². The Morgan fingerprint density at radius 1 is 1.20 bits per heavy atom. The van der Waals surface area contributed by atoms with Gasteiger partial charge in [0.1, 0.15) is 0 Å². The topological polar surface area (TPSA) is 130 Å². The number of nitrogens with one attached hydrogen (secondary N) is 2. The normalized spacial score (nSPS) is 19.4. The third kappa shape index (κ3) is 9.49. The Kier molecular flexibility index (Phi) is 14.2. The van der Waals surface area contributed by atoms with Crippen molar-refractivity contribution < 1.29 is 28.7 Å². The Bertz CT molecular complexity index is 979. The first kappa shape index (κ1) is 34.2. The van der Waals surface area contributed by atoms with Crippen LogP contribution < -0.4 is 10.6 Å². The number of rotatable bonds is 17. The second-order valence-corrected chi connectivity index (χ2v) is 11.1. The molecule has 4 amide bonds. The van der Waals surface area contributed by atoms with E-state index in [1.165, 1.54) is 0 Å². The number of hydrogen-bond acceptors (Lipinski definition) is 7. The first-order valence-corrected chi connectivity index (χ1v) is 14.6. The van der Waals surface area contributed by atoms with Gasteiger partial charge in [-0.15, -0.1) is 0 Å². The summed E-state index contributed by atoms with van der Waals surface area (Å²) in [5, 5.41) is 5.49. The van der Waals surface area contributed by atoms with E-state index in [0.717, 1.165) is 25.0 Å². The zero-order valence-corrected chi connectivity index (χ0v) is 25.7. The lowest BCUT2D eigenvalue weighted by Gasteiger charge is -2.39. The molecule has 7 unspecified atom stereocenters. The highest BCUT2D eigenvalue weighted by atomic mass is 16.5. The maximum atomic E-state index is 13.7. The molecule has 41 heavy (non-hydrogen) atoms. The molecule has 0 spiro atoms. The average molecular weight is 576 g/mol. The highest BCUT2D eigenvalue weighted by Gasteiger charge is 2.42. The number of nitrogens with zero attached hydrogens (tertiary/aromatic N) is 3. The minimum absolute atomic E-state index is 0.0517. The molecule has 11 heteroatoms. The summed E-state index contributed by atoms with van der Waals surface area (Å²) < 4.78 is 11.7. The minimum atomic E-state index is -0.543. The number of carbonyl (C=O) groups is 4. The molecule has 1 aromatic heterocycles. The number of pyridine rings is 1. The fourth-order valence-electron chi connectivity index (χ4n) is 5.84. The number of carbonyl (C=O) groups excluding carboxylic acids is 4. The Morgan fingerprint density at radius 2 is 1.93 bits per heavy atom. The van der Waals surface area contributed by atoms with Crippen molar-refractivity contribution in [2.45, 2.75) is 90.1 Å². The summed E-state index contributed by atoms with van der Waals surface area (Å²) >= 11 is 0. The van der Waals surface area contributed by atoms with Crippen LogP contribution >= 0.6 is 0 Å². The summed E-state index contributed by atoms with van der Waals surface area (Å²) in [4.78, 5) is 58.1. The molecule has 0 saturated carbocycles. The number of hydrogen-bond donors (Lipinski definition) is 2. The van der Waals surface area contributed by atoms with E-state index in [1.807, 2.05) is 50.8 Å². The monoisotopic (exact) mass is 575 g/mol. The smallest absolute Gasteiger partial charge is 0.242 e. The largest absolute Gasteiger partial charge is 0.379 e. The number of ether oxygens (including phenoxy) is 2. The fraction of sp³-hybridized carbons (Fsp3) is 0.700. The van der Waals surface area contributed by atoms with E-state index in [9.17, 15) is 19.2 Å². The molecule has 0 bridgehead atoms. The minimum Gasteiger partial charge on any atom is -0.379 e. The van der Waals surface area contributed by atoms with E-state index >= 15 is 0 Å². The lowest BCUT2D eigenvalue weighted by Crippen LogP contribution is -2.54. The Labute approximate surface area is 244 Å². The molecule has 230 valence electrons. The van der Waals surface area contributed by atoms with E-state index in [4.69, 9.17) is 9.47 Å². The molecule has 0 aliphatic carbocycles. The van der Waals surface area contributed by atoms with Crippen molar-refractivity contribution >= 4 is 24.1 Å². The molecule has 11 nitrogen and oxygen atoms in total. The van der Waals surface area contributed by atoms with Crippen LogP contribution in [0.2, 0.25) is 0 Å². The van der Waals surface area contributed by atoms with Crippen LogP contribution in [0.4, 0.5) is 0 Å². The summed E-state index contributed by atoms with van der Waals surface area (Å²) in [5.74, 6) is -0.916. The van der Waals surface area contributed by atoms with Crippen molar-refractivity contribution in [3.8, 4) is 0 Å². The van der Waals surface area contributed by atoms with Crippen molar-refractivity contribution in [3.63, 3.8) is 0 Å². The van der Waals surface area contributed by atoms with Gasteiger partial charge >= 0.3 is 0 Å². The van der Waals surface area contributed by atoms with Crippen LogP contribution in [-0.2, 0) is 35.1 Å². The summed E-state index contributed by atoms with van der Waals surface area (Å²) in [7, 11) is 4.81. The molecule has 1 saturated heterocycles. The van der Waals surface area contributed by atoms with Crippen molar-refractivity contribution in [1.29, 1.82) is 0 Å². The maximum Gasteiger partial charge on any atom is 0.242 e. The highest BCUT2D eigenvalue weighted by Crippen LogP contribution is 2.29. The van der Waals surface area contributed by atoms with Gasteiger partial charge in [0, 0.05) is 52.2 Å². The molecule has 2 heterocycles. The molecule has 2 N–H and O–H groups in total. The molecule has 0 aromatic carbocycles. The van der Waals surface area contributed by atoms with Crippen LogP contribution in [0.15, 0.2) is 24.4 Å². The first-order valence-electron chi connectivity index (χ1n) is 14.6. The van der Waals surface area contributed by atoms with E-state index in [-0.39, 0.29) is 54.7 Å². The lowest BCUT2D eigenvalue weighted by molar-refractivity contribution is -0.145. The maximum absolute atomic E-state index is 13.7. The van der Waals surface area contributed by atoms with Gasteiger partial charge in [-0.1, -0.05) is 33.3 Å². The van der Waals surface area contributed by atoms with Gasteiger partial charge in [0.05, 0.1) is 43.2 Å². The number of aromatic nitrogens is 1. The standard InChI is InChI=1S/C30H49N5O6/c1-8-20(2)28(34(5)27(38)18-31-19-36)25(40-6)17-26(37)35-15-11-13-24(35)29(41-7)22(4)30(39)33-21(3)16-23-12-9-10-14-32-23/h9-10,12,14,19-22,24-25,28-29H,8,11,13,15-18H2,1-7H3,(H,31,36)(H,33,39). The van der Waals surface area contributed by atoms with Gasteiger partial charge in [-0.25, -0.2) is 0 Å². The Morgan fingerprint density at radius 3 is 2.51 bits per heavy atom. The highest BCUT2D eigenvalue weighted by molar-refractivity contribution is 5.81. The second kappa shape index (κ2) is 17.0.